The Morgan fingerprint density at radius 1 is 1.00 bits per heavy atom. The van der Waals surface area contributed by atoms with E-state index in [2.05, 4.69) is 5.32 Å². The average Bonchev–Trinajstić information content (AvgIpc) is 2.32. The van der Waals surface area contributed by atoms with Gasteiger partial charge in [-0.1, -0.05) is 29.8 Å². The molecule has 0 amide bonds. The van der Waals surface area contributed by atoms with Crippen LogP contribution in [0.5, 0.6) is 11.5 Å². The third-order valence-corrected chi connectivity index (χ3v) is 2.84. The van der Waals surface area contributed by atoms with Crippen molar-refractivity contribution in [1.82, 2.24) is 5.32 Å². The quantitative estimate of drug-likeness (QED) is 0.795. The number of rotatable bonds is 4. The van der Waals surface area contributed by atoms with E-state index in [9.17, 15) is 10.2 Å². The summed E-state index contributed by atoms with van der Waals surface area (Å²) in [4.78, 5) is 0. The topological polar surface area (TPSA) is 52.5 Å². The van der Waals surface area contributed by atoms with Gasteiger partial charge in [0.05, 0.1) is 0 Å². The maximum Gasteiger partial charge on any atom is 0.123 e. The van der Waals surface area contributed by atoms with Gasteiger partial charge in [0.25, 0.3) is 0 Å². The number of benzene rings is 2. The molecule has 2 rings (SSSR count). The maximum absolute atomic E-state index is 9.61. The molecule has 0 aromatic heterocycles. The Labute approximate surface area is 111 Å². The molecule has 0 aliphatic heterocycles. The lowest BCUT2D eigenvalue weighted by Gasteiger charge is -2.07. The molecular formula is C14H14ClNO2. The van der Waals surface area contributed by atoms with E-state index >= 15 is 0 Å². The van der Waals surface area contributed by atoms with E-state index < -0.39 is 0 Å². The molecule has 0 saturated carbocycles. The van der Waals surface area contributed by atoms with Crippen LogP contribution in [0.3, 0.4) is 0 Å². The summed E-state index contributed by atoms with van der Waals surface area (Å²) in [5, 5.41) is 22.7. The van der Waals surface area contributed by atoms with E-state index in [1.165, 1.54) is 6.07 Å². The molecular weight excluding hydrogens is 250 g/mol. The highest BCUT2D eigenvalue weighted by molar-refractivity contribution is 6.30. The van der Waals surface area contributed by atoms with Crippen LogP contribution in [0, 0.1) is 0 Å². The molecule has 0 saturated heterocycles. The second-order valence-corrected chi connectivity index (χ2v) is 4.48. The fraction of sp³-hybridized carbons (Fsp3) is 0.143. The van der Waals surface area contributed by atoms with Crippen LogP contribution >= 0.6 is 11.6 Å². The van der Waals surface area contributed by atoms with Crippen molar-refractivity contribution >= 4 is 11.6 Å². The Kier molecular flexibility index (Phi) is 4.07. The Morgan fingerprint density at radius 3 is 2.56 bits per heavy atom. The van der Waals surface area contributed by atoms with Crippen LogP contribution in [0.2, 0.25) is 5.02 Å². The van der Waals surface area contributed by atoms with Crippen molar-refractivity contribution in [1.29, 1.82) is 0 Å². The van der Waals surface area contributed by atoms with Crippen molar-refractivity contribution in [2.45, 2.75) is 13.1 Å². The molecule has 94 valence electrons. The van der Waals surface area contributed by atoms with Gasteiger partial charge in [0.15, 0.2) is 0 Å². The number of phenolic OH excluding ortho intramolecular Hbond substituents is 2. The van der Waals surface area contributed by atoms with E-state index in [0.29, 0.717) is 18.1 Å². The molecule has 2 aromatic rings. The second-order valence-electron chi connectivity index (χ2n) is 4.05. The highest BCUT2D eigenvalue weighted by atomic mass is 35.5. The van der Waals surface area contributed by atoms with E-state index in [1.807, 2.05) is 24.3 Å². The summed E-state index contributed by atoms with van der Waals surface area (Å²) in [5.41, 5.74) is 1.83. The minimum Gasteiger partial charge on any atom is -0.508 e. The summed E-state index contributed by atoms with van der Waals surface area (Å²) < 4.78 is 0. The molecule has 0 unspecified atom stereocenters. The molecule has 0 fully saturated rings. The van der Waals surface area contributed by atoms with Gasteiger partial charge in [-0.25, -0.2) is 0 Å². The average molecular weight is 264 g/mol. The number of nitrogens with one attached hydrogen (secondary N) is 1. The van der Waals surface area contributed by atoms with Gasteiger partial charge in [-0.2, -0.15) is 0 Å². The zero-order valence-corrected chi connectivity index (χ0v) is 10.5. The summed E-state index contributed by atoms with van der Waals surface area (Å²) >= 11 is 5.89. The van der Waals surface area contributed by atoms with Crippen LogP contribution in [0.4, 0.5) is 0 Å². The monoisotopic (exact) mass is 263 g/mol. The van der Waals surface area contributed by atoms with Gasteiger partial charge >= 0.3 is 0 Å². The minimum atomic E-state index is 0.0612. The molecule has 0 radical (unpaired) electrons. The Bertz CT molecular complexity index is 543. The normalized spacial score (nSPS) is 10.5. The first-order valence-corrected chi connectivity index (χ1v) is 5.99. The van der Waals surface area contributed by atoms with Gasteiger partial charge < -0.3 is 15.5 Å². The minimum absolute atomic E-state index is 0.0612. The Balaban J connectivity index is 1.92. The maximum atomic E-state index is 9.61. The third-order valence-electron chi connectivity index (χ3n) is 2.60. The molecule has 0 bridgehead atoms. The zero-order chi connectivity index (χ0) is 13.0. The van der Waals surface area contributed by atoms with Gasteiger partial charge in [0.2, 0.25) is 0 Å². The third kappa shape index (κ3) is 3.39. The van der Waals surface area contributed by atoms with Crippen molar-refractivity contribution in [3.8, 4) is 11.5 Å². The number of aromatic hydroxyl groups is 2. The van der Waals surface area contributed by atoms with Crippen molar-refractivity contribution in [3.63, 3.8) is 0 Å². The molecule has 2 aromatic carbocycles. The van der Waals surface area contributed by atoms with E-state index in [0.717, 1.165) is 11.1 Å². The first-order valence-electron chi connectivity index (χ1n) is 5.61. The van der Waals surface area contributed by atoms with E-state index in [4.69, 9.17) is 11.6 Å². The van der Waals surface area contributed by atoms with E-state index in [-0.39, 0.29) is 11.5 Å². The number of halogens is 1. The largest absolute Gasteiger partial charge is 0.508 e. The number of hydrogen-bond donors (Lipinski definition) is 3. The van der Waals surface area contributed by atoms with Gasteiger partial charge in [-0.05, 0) is 23.8 Å². The van der Waals surface area contributed by atoms with Crippen LogP contribution in [-0.2, 0) is 13.1 Å². The summed E-state index contributed by atoms with van der Waals surface area (Å²) in [6, 6.07) is 12.2. The van der Waals surface area contributed by atoms with Gasteiger partial charge in [-0.3, -0.25) is 0 Å². The lowest BCUT2D eigenvalue weighted by molar-refractivity contribution is 0.443. The predicted octanol–water partition coefficient (Wildman–Crippen LogP) is 3.04. The Morgan fingerprint density at radius 2 is 1.83 bits per heavy atom. The van der Waals surface area contributed by atoms with Gasteiger partial charge in [-0.15, -0.1) is 0 Å². The summed E-state index contributed by atoms with van der Waals surface area (Å²) in [5.74, 6) is 0.152. The second kappa shape index (κ2) is 5.76. The van der Waals surface area contributed by atoms with Crippen LogP contribution < -0.4 is 5.32 Å². The summed E-state index contributed by atoms with van der Waals surface area (Å²) in [7, 11) is 0. The van der Waals surface area contributed by atoms with Crippen LogP contribution in [0.15, 0.2) is 42.5 Å². The molecule has 4 heteroatoms. The molecule has 18 heavy (non-hydrogen) atoms. The number of phenols is 2. The lowest BCUT2D eigenvalue weighted by atomic mass is 10.2. The van der Waals surface area contributed by atoms with Crippen molar-refractivity contribution < 1.29 is 10.2 Å². The molecule has 3 nitrogen and oxygen atoms in total. The smallest absolute Gasteiger partial charge is 0.123 e. The summed E-state index contributed by atoms with van der Waals surface area (Å²) in [6.45, 7) is 1.19. The van der Waals surface area contributed by atoms with Crippen molar-refractivity contribution in [3.05, 3.63) is 58.6 Å². The highest BCUT2D eigenvalue weighted by Crippen LogP contribution is 2.22. The Hall–Kier alpha value is -1.71. The zero-order valence-electron chi connectivity index (χ0n) is 9.73. The first-order chi connectivity index (χ1) is 8.65. The van der Waals surface area contributed by atoms with Crippen molar-refractivity contribution in [2.24, 2.45) is 0 Å². The lowest BCUT2D eigenvalue weighted by Crippen LogP contribution is -2.12. The first kappa shape index (κ1) is 12.7. The molecule has 3 N–H and O–H groups in total. The molecule has 0 aliphatic rings. The van der Waals surface area contributed by atoms with Crippen LogP contribution in [-0.4, -0.2) is 10.2 Å². The van der Waals surface area contributed by atoms with Gasteiger partial charge in [0.1, 0.15) is 11.5 Å². The standard InChI is InChI=1S/C14H14ClNO2/c15-12-3-1-2-10(6-12)8-16-9-11-4-5-13(17)7-14(11)18/h1-7,16-18H,8-9H2. The van der Waals surface area contributed by atoms with Crippen molar-refractivity contribution in [2.75, 3.05) is 0 Å². The number of hydrogen-bond acceptors (Lipinski definition) is 3. The SMILES string of the molecule is Oc1ccc(CNCc2cccc(Cl)c2)c(O)c1. The van der Waals surface area contributed by atoms with Crippen LogP contribution in [0.1, 0.15) is 11.1 Å². The predicted molar refractivity (Wildman–Crippen MR) is 71.8 cm³/mol. The molecule has 0 heterocycles. The van der Waals surface area contributed by atoms with Crippen LogP contribution in [0.25, 0.3) is 0 Å². The molecule has 0 spiro atoms. The fourth-order valence-corrected chi connectivity index (χ4v) is 1.90. The fourth-order valence-electron chi connectivity index (χ4n) is 1.69. The summed E-state index contributed by atoms with van der Waals surface area (Å²) in [6.07, 6.45) is 0. The molecule has 0 atom stereocenters. The highest BCUT2D eigenvalue weighted by Gasteiger charge is 2.02. The van der Waals surface area contributed by atoms with E-state index in [1.54, 1.807) is 12.1 Å². The molecule has 0 aliphatic carbocycles. The van der Waals surface area contributed by atoms with Gasteiger partial charge in [0, 0.05) is 29.7 Å².